The molecule has 2 amide bonds. The van der Waals surface area contributed by atoms with Crippen LogP contribution in [0.15, 0.2) is 30.3 Å². The zero-order valence-electron chi connectivity index (χ0n) is 25.3. The molecule has 1 fully saturated rings. The first-order valence-corrected chi connectivity index (χ1v) is 17.7. The van der Waals surface area contributed by atoms with Gasteiger partial charge in [0.15, 0.2) is 0 Å². The molecule has 2 rings (SSSR count). The molecule has 2 N–H and O–H groups in total. The number of carbonyl (C=O) groups is 3. The van der Waals surface area contributed by atoms with Gasteiger partial charge in [0.05, 0.1) is 6.61 Å². The van der Waals surface area contributed by atoms with Crippen LogP contribution >= 0.6 is 0 Å². The van der Waals surface area contributed by atoms with Crippen LogP contribution in [0.1, 0.15) is 66.4 Å². The molecule has 220 valence electrons. The second-order valence-electron chi connectivity index (χ2n) is 12.3. The Balaban J connectivity index is 2.40. The highest BCUT2D eigenvalue weighted by Gasteiger charge is 2.45. The summed E-state index contributed by atoms with van der Waals surface area (Å²) in [5.74, 6) is -0.267. The molecule has 1 heterocycles. The van der Waals surface area contributed by atoms with Gasteiger partial charge < -0.3 is 20.1 Å². The fourth-order valence-electron chi connectivity index (χ4n) is 5.44. The molecular weight excluding hydrogens is 510 g/mol. The number of hydrogen-bond donors (Lipinski definition) is 2. The number of rotatable bonds is 13. The maximum absolute atomic E-state index is 13.6. The molecule has 1 aliphatic heterocycles. The molecule has 5 atom stereocenters. The molecule has 1 aliphatic rings. The summed E-state index contributed by atoms with van der Waals surface area (Å²) in [6.07, 6.45) is 2.55. The fraction of sp³-hybridized carbons (Fsp3) is 0.700. The van der Waals surface area contributed by atoms with Gasteiger partial charge in [-0.05, 0) is 64.5 Å². The van der Waals surface area contributed by atoms with Gasteiger partial charge in [0.2, 0.25) is 5.91 Å². The zero-order chi connectivity index (χ0) is 29.2. The van der Waals surface area contributed by atoms with Crippen LogP contribution in [0.25, 0.3) is 0 Å². The lowest BCUT2D eigenvalue weighted by atomic mass is 9.83. The van der Waals surface area contributed by atoms with Crippen LogP contribution < -0.4 is 10.6 Å². The Bertz CT molecular complexity index is 921. The first-order valence-electron chi connectivity index (χ1n) is 14.5. The van der Waals surface area contributed by atoms with Crippen LogP contribution in [0.5, 0.6) is 0 Å². The molecule has 1 aromatic carbocycles. The summed E-state index contributed by atoms with van der Waals surface area (Å²) in [5, 5.41) is 6.12. The third-order valence-electron chi connectivity index (χ3n) is 7.17. The highest BCUT2D eigenvalue weighted by Crippen LogP contribution is 2.32. The van der Waals surface area contributed by atoms with Crippen molar-refractivity contribution in [2.75, 3.05) is 13.2 Å². The number of likely N-dealkylation sites (tertiary alicyclic amines) is 1. The molecule has 0 spiro atoms. The number of nitrogens with zero attached hydrogens (tertiary/aromatic N) is 1. The highest BCUT2D eigenvalue weighted by molar-refractivity contribution is 6.55. The Morgan fingerprint density at radius 3 is 2.38 bits per heavy atom. The van der Waals surface area contributed by atoms with Gasteiger partial charge in [0, 0.05) is 40.4 Å². The summed E-state index contributed by atoms with van der Waals surface area (Å²) >= 11 is 0. The summed E-state index contributed by atoms with van der Waals surface area (Å²) in [6, 6.07) is 10.3. The van der Waals surface area contributed by atoms with Crippen molar-refractivity contribution in [1.29, 1.82) is 0 Å². The van der Waals surface area contributed by atoms with E-state index in [0.29, 0.717) is 26.0 Å². The second-order valence-corrected chi connectivity index (χ2v) is 15.7. The van der Waals surface area contributed by atoms with E-state index in [0.717, 1.165) is 24.4 Å². The van der Waals surface area contributed by atoms with Crippen LogP contribution in [0.4, 0.5) is 4.79 Å². The summed E-state index contributed by atoms with van der Waals surface area (Å²) in [6.45, 7) is 16.7. The predicted molar refractivity (Wildman–Crippen MR) is 159 cm³/mol. The van der Waals surface area contributed by atoms with Crippen LogP contribution in [-0.4, -0.2) is 74.6 Å². The molecule has 0 radical (unpaired) electrons. The van der Waals surface area contributed by atoms with Crippen molar-refractivity contribution in [3.05, 3.63) is 35.9 Å². The number of ether oxygens (including phenoxy) is 2. The van der Waals surface area contributed by atoms with Gasteiger partial charge in [0.25, 0.3) is 0 Å². The van der Waals surface area contributed by atoms with Crippen molar-refractivity contribution in [2.24, 2.45) is 5.92 Å². The SMILES string of the molecule is CCC[C@@H](C(C)NC(C)=O)[C@H](Cc1ccccc1)N1CC(NC(=O)OCC[SiH](C)C)CC1C(=O)OC(C)(C)C. The normalized spacial score (nSPS) is 20.2. The largest absolute Gasteiger partial charge is 0.459 e. The molecule has 0 saturated carbocycles. The molecule has 0 bridgehead atoms. The van der Waals surface area contributed by atoms with Crippen molar-refractivity contribution >= 4 is 26.8 Å². The zero-order valence-corrected chi connectivity index (χ0v) is 26.4. The monoisotopic (exact) mass is 561 g/mol. The van der Waals surface area contributed by atoms with E-state index in [-0.39, 0.29) is 35.9 Å². The minimum Gasteiger partial charge on any atom is -0.459 e. The maximum atomic E-state index is 13.6. The molecule has 1 saturated heterocycles. The molecule has 8 nitrogen and oxygen atoms in total. The van der Waals surface area contributed by atoms with Crippen molar-refractivity contribution in [1.82, 2.24) is 15.5 Å². The molecular formula is C30H51N3O5Si. The number of benzene rings is 1. The van der Waals surface area contributed by atoms with E-state index in [2.05, 4.69) is 47.7 Å². The van der Waals surface area contributed by atoms with E-state index in [1.165, 1.54) is 0 Å². The van der Waals surface area contributed by atoms with Gasteiger partial charge in [0.1, 0.15) is 11.6 Å². The quantitative estimate of drug-likeness (QED) is 0.271. The number of hydrogen-bond acceptors (Lipinski definition) is 6. The Morgan fingerprint density at radius 2 is 1.82 bits per heavy atom. The summed E-state index contributed by atoms with van der Waals surface area (Å²) < 4.78 is 11.3. The molecule has 39 heavy (non-hydrogen) atoms. The Kier molecular flexibility index (Phi) is 13.0. The smallest absolute Gasteiger partial charge is 0.407 e. The van der Waals surface area contributed by atoms with Crippen LogP contribution in [0.2, 0.25) is 19.1 Å². The number of amides is 2. The Hall–Kier alpha value is -2.39. The van der Waals surface area contributed by atoms with Crippen LogP contribution in [-0.2, 0) is 25.5 Å². The van der Waals surface area contributed by atoms with E-state index < -0.39 is 26.5 Å². The van der Waals surface area contributed by atoms with E-state index in [1.807, 2.05) is 45.9 Å². The van der Waals surface area contributed by atoms with E-state index in [4.69, 9.17) is 9.47 Å². The van der Waals surface area contributed by atoms with E-state index >= 15 is 0 Å². The minimum absolute atomic E-state index is 0.0542. The van der Waals surface area contributed by atoms with Crippen molar-refractivity contribution in [3.8, 4) is 0 Å². The lowest BCUT2D eigenvalue weighted by Gasteiger charge is -2.41. The number of esters is 1. The summed E-state index contributed by atoms with van der Waals surface area (Å²) in [5.41, 5.74) is 0.532. The molecule has 3 unspecified atom stereocenters. The van der Waals surface area contributed by atoms with E-state index in [1.54, 1.807) is 6.92 Å². The summed E-state index contributed by atoms with van der Waals surface area (Å²) in [4.78, 5) is 40.4. The van der Waals surface area contributed by atoms with Gasteiger partial charge in [-0.3, -0.25) is 14.5 Å². The highest BCUT2D eigenvalue weighted by atomic mass is 28.3. The number of alkyl carbamates (subject to hydrolysis) is 1. The lowest BCUT2D eigenvalue weighted by Crippen LogP contribution is -2.54. The maximum Gasteiger partial charge on any atom is 0.407 e. The number of carbonyl (C=O) groups excluding carboxylic acids is 3. The van der Waals surface area contributed by atoms with Crippen molar-refractivity contribution in [3.63, 3.8) is 0 Å². The minimum atomic E-state index is -0.813. The average molecular weight is 562 g/mol. The van der Waals surface area contributed by atoms with Gasteiger partial charge in [-0.1, -0.05) is 56.8 Å². The topological polar surface area (TPSA) is 97.0 Å². The third-order valence-corrected chi connectivity index (χ3v) is 8.56. The number of nitrogens with one attached hydrogen (secondary N) is 2. The first kappa shape index (κ1) is 32.8. The molecule has 9 heteroatoms. The van der Waals surface area contributed by atoms with Crippen LogP contribution in [0.3, 0.4) is 0 Å². The average Bonchev–Trinajstić information content (AvgIpc) is 3.23. The van der Waals surface area contributed by atoms with Gasteiger partial charge in [-0.2, -0.15) is 0 Å². The van der Waals surface area contributed by atoms with Crippen molar-refractivity contribution in [2.45, 2.75) is 116 Å². The Labute approximate surface area is 237 Å². The fourth-order valence-corrected chi connectivity index (χ4v) is 6.03. The van der Waals surface area contributed by atoms with Crippen LogP contribution in [0, 0.1) is 5.92 Å². The van der Waals surface area contributed by atoms with Gasteiger partial charge in [-0.15, -0.1) is 0 Å². The van der Waals surface area contributed by atoms with Crippen molar-refractivity contribution < 1.29 is 23.9 Å². The summed E-state index contributed by atoms with van der Waals surface area (Å²) in [7, 11) is -0.813. The molecule has 0 aromatic heterocycles. The Morgan fingerprint density at radius 1 is 1.15 bits per heavy atom. The standard InChI is InChI=1S/C30H51N3O5Si/c1-9-13-25(21(2)31-22(3)34)26(18-23-14-11-10-12-15-23)33-20-24(32-29(36)37-16-17-39(7)8)19-27(33)28(35)38-30(4,5)6/h10-12,14-15,21,24-27,39H,9,13,16-20H2,1-8H3,(H,31,34)(H,32,36)/t21?,24?,25-,26-,27?/m0/s1. The molecule has 0 aliphatic carbocycles. The third kappa shape index (κ3) is 11.3. The van der Waals surface area contributed by atoms with Gasteiger partial charge in [-0.25, -0.2) is 4.79 Å². The first-order chi connectivity index (χ1) is 18.3. The second kappa shape index (κ2) is 15.4. The predicted octanol–water partition coefficient (Wildman–Crippen LogP) is 4.54. The lowest BCUT2D eigenvalue weighted by molar-refractivity contribution is -0.161. The molecule has 1 aromatic rings. The van der Waals surface area contributed by atoms with Gasteiger partial charge >= 0.3 is 12.1 Å². The van der Waals surface area contributed by atoms with E-state index in [9.17, 15) is 14.4 Å².